The van der Waals surface area contributed by atoms with E-state index in [0.29, 0.717) is 31.9 Å². The van der Waals surface area contributed by atoms with E-state index in [1.54, 1.807) is 7.11 Å². The smallest absolute Gasteiger partial charge is 0.220 e. The highest BCUT2D eigenvalue weighted by atomic mass is 16.5. The molecule has 4 nitrogen and oxygen atoms in total. The number of carbonyl (C=O) groups is 1. The zero-order valence-electron chi connectivity index (χ0n) is 14.0. The Balaban J connectivity index is 1.43. The molecule has 24 heavy (non-hydrogen) atoms. The van der Waals surface area contributed by atoms with E-state index >= 15 is 0 Å². The number of amides is 1. The van der Waals surface area contributed by atoms with Crippen molar-refractivity contribution in [2.75, 3.05) is 20.3 Å². The lowest BCUT2D eigenvalue weighted by atomic mass is 9.96. The monoisotopic (exact) mass is 325 g/mol. The Morgan fingerprint density at radius 3 is 3.00 bits per heavy atom. The number of benzene rings is 2. The van der Waals surface area contributed by atoms with Gasteiger partial charge in [0.25, 0.3) is 0 Å². The molecule has 1 atom stereocenters. The van der Waals surface area contributed by atoms with Crippen molar-refractivity contribution in [3.05, 3.63) is 59.7 Å². The number of nitrogens with one attached hydrogen (secondary N) is 1. The highest BCUT2D eigenvalue weighted by molar-refractivity contribution is 5.76. The fourth-order valence-electron chi connectivity index (χ4n) is 2.95. The van der Waals surface area contributed by atoms with Crippen LogP contribution in [0.5, 0.6) is 11.5 Å². The molecule has 1 aliphatic heterocycles. The van der Waals surface area contributed by atoms with Crippen LogP contribution in [0.15, 0.2) is 48.5 Å². The zero-order chi connectivity index (χ0) is 16.8. The number of methoxy groups -OCH3 is 1. The minimum Gasteiger partial charge on any atom is -0.497 e. The topological polar surface area (TPSA) is 47.6 Å². The summed E-state index contributed by atoms with van der Waals surface area (Å²) in [6.07, 6.45) is 2.15. The van der Waals surface area contributed by atoms with Crippen LogP contribution in [-0.2, 0) is 17.6 Å². The van der Waals surface area contributed by atoms with Gasteiger partial charge >= 0.3 is 0 Å². The lowest BCUT2D eigenvalue weighted by Crippen LogP contribution is -2.34. The minimum absolute atomic E-state index is 0.0803. The van der Waals surface area contributed by atoms with Crippen molar-refractivity contribution in [3.63, 3.8) is 0 Å². The Labute approximate surface area is 142 Å². The predicted molar refractivity (Wildman–Crippen MR) is 93.5 cm³/mol. The summed E-state index contributed by atoms with van der Waals surface area (Å²) >= 11 is 0. The first-order valence-electron chi connectivity index (χ1n) is 8.35. The van der Waals surface area contributed by atoms with Gasteiger partial charge in [-0.1, -0.05) is 30.3 Å². The highest BCUT2D eigenvalue weighted by Crippen LogP contribution is 2.26. The van der Waals surface area contributed by atoms with E-state index in [4.69, 9.17) is 9.47 Å². The van der Waals surface area contributed by atoms with E-state index in [2.05, 4.69) is 11.4 Å². The van der Waals surface area contributed by atoms with E-state index in [9.17, 15) is 4.79 Å². The van der Waals surface area contributed by atoms with Gasteiger partial charge in [-0.2, -0.15) is 0 Å². The van der Waals surface area contributed by atoms with Gasteiger partial charge in [-0.3, -0.25) is 4.79 Å². The van der Waals surface area contributed by atoms with E-state index < -0.39 is 0 Å². The standard InChI is InChI=1S/C20H23NO3/c1-23-18-7-4-5-15(12-18)9-10-20(22)21-13-16-11-17-6-2-3-8-19(17)24-14-16/h2-8,12,16H,9-11,13-14H2,1H3,(H,21,22). The summed E-state index contributed by atoms with van der Waals surface area (Å²) in [6.45, 7) is 1.32. The molecule has 0 saturated heterocycles. The van der Waals surface area contributed by atoms with E-state index in [-0.39, 0.29) is 5.91 Å². The molecule has 4 heteroatoms. The van der Waals surface area contributed by atoms with Gasteiger partial charge in [-0.25, -0.2) is 0 Å². The first-order chi connectivity index (χ1) is 11.7. The van der Waals surface area contributed by atoms with Crippen molar-refractivity contribution in [2.24, 2.45) is 5.92 Å². The molecular formula is C20H23NO3. The van der Waals surface area contributed by atoms with Crippen molar-refractivity contribution >= 4 is 5.91 Å². The summed E-state index contributed by atoms with van der Waals surface area (Å²) < 4.78 is 11.0. The van der Waals surface area contributed by atoms with Gasteiger partial charge in [-0.05, 0) is 42.2 Å². The molecule has 0 radical (unpaired) electrons. The molecule has 1 heterocycles. The molecule has 1 unspecified atom stereocenters. The minimum atomic E-state index is 0.0803. The van der Waals surface area contributed by atoms with Crippen LogP contribution >= 0.6 is 0 Å². The number of hydrogen-bond donors (Lipinski definition) is 1. The summed E-state index contributed by atoms with van der Waals surface area (Å²) in [7, 11) is 1.65. The first kappa shape index (κ1) is 16.4. The van der Waals surface area contributed by atoms with Crippen LogP contribution in [-0.4, -0.2) is 26.2 Å². The van der Waals surface area contributed by atoms with E-state index in [1.165, 1.54) is 5.56 Å². The number of para-hydroxylation sites is 1. The SMILES string of the molecule is COc1cccc(CCC(=O)NCC2COc3ccccc3C2)c1. The van der Waals surface area contributed by atoms with Crippen molar-refractivity contribution in [3.8, 4) is 11.5 Å². The molecule has 0 aromatic heterocycles. The van der Waals surface area contributed by atoms with Gasteiger partial charge in [0, 0.05) is 18.9 Å². The fraction of sp³-hybridized carbons (Fsp3) is 0.350. The molecule has 0 spiro atoms. The highest BCUT2D eigenvalue weighted by Gasteiger charge is 2.19. The summed E-state index contributed by atoms with van der Waals surface area (Å²) in [5.74, 6) is 2.21. The Morgan fingerprint density at radius 2 is 2.12 bits per heavy atom. The Hall–Kier alpha value is -2.49. The Bertz CT molecular complexity index is 699. The molecule has 0 fully saturated rings. The van der Waals surface area contributed by atoms with Crippen LogP contribution < -0.4 is 14.8 Å². The fourth-order valence-corrected chi connectivity index (χ4v) is 2.95. The molecular weight excluding hydrogens is 302 g/mol. The second-order valence-electron chi connectivity index (χ2n) is 6.14. The number of ether oxygens (including phenoxy) is 2. The molecule has 2 aromatic carbocycles. The first-order valence-corrected chi connectivity index (χ1v) is 8.35. The second-order valence-corrected chi connectivity index (χ2v) is 6.14. The summed E-state index contributed by atoms with van der Waals surface area (Å²) in [5, 5.41) is 3.03. The maximum absolute atomic E-state index is 12.1. The van der Waals surface area contributed by atoms with Crippen molar-refractivity contribution < 1.29 is 14.3 Å². The lowest BCUT2D eigenvalue weighted by Gasteiger charge is -2.25. The molecule has 1 N–H and O–H groups in total. The molecule has 1 amide bonds. The normalized spacial score (nSPS) is 16.0. The summed E-state index contributed by atoms with van der Waals surface area (Å²) in [6, 6.07) is 15.9. The van der Waals surface area contributed by atoms with Gasteiger partial charge in [0.05, 0.1) is 13.7 Å². The summed E-state index contributed by atoms with van der Waals surface area (Å²) in [4.78, 5) is 12.1. The van der Waals surface area contributed by atoms with Crippen LogP contribution in [0.4, 0.5) is 0 Å². The average Bonchev–Trinajstić information content (AvgIpc) is 2.64. The zero-order valence-corrected chi connectivity index (χ0v) is 14.0. The molecule has 2 aromatic rings. The van der Waals surface area contributed by atoms with Crippen LogP contribution in [0, 0.1) is 5.92 Å². The van der Waals surface area contributed by atoms with E-state index in [0.717, 1.165) is 23.5 Å². The third-order valence-corrected chi connectivity index (χ3v) is 4.32. The van der Waals surface area contributed by atoms with Gasteiger partial charge in [0.1, 0.15) is 11.5 Å². The van der Waals surface area contributed by atoms with Crippen molar-refractivity contribution in [2.45, 2.75) is 19.3 Å². The van der Waals surface area contributed by atoms with Crippen LogP contribution in [0.1, 0.15) is 17.5 Å². The number of fused-ring (bicyclic) bond motifs is 1. The van der Waals surface area contributed by atoms with Gasteiger partial charge < -0.3 is 14.8 Å². The predicted octanol–water partition coefficient (Wildman–Crippen LogP) is 3.00. The quantitative estimate of drug-likeness (QED) is 0.888. The van der Waals surface area contributed by atoms with Gasteiger partial charge in [0.15, 0.2) is 0 Å². The van der Waals surface area contributed by atoms with Crippen molar-refractivity contribution in [1.29, 1.82) is 0 Å². The second kappa shape index (κ2) is 7.86. The lowest BCUT2D eigenvalue weighted by molar-refractivity contribution is -0.121. The average molecular weight is 325 g/mol. The number of rotatable bonds is 6. The number of carbonyl (C=O) groups excluding carboxylic acids is 1. The largest absolute Gasteiger partial charge is 0.497 e. The third kappa shape index (κ3) is 4.28. The molecule has 126 valence electrons. The number of aryl methyl sites for hydroxylation is 1. The van der Waals surface area contributed by atoms with Gasteiger partial charge in [0.2, 0.25) is 5.91 Å². The molecule has 3 rings (SSSR count). The molecule has 0 bridgehead atoms. The van der Waals surface area contributed by atoms with Crippen molar-refractivity contribution in [1.82, 2.24) is 5.32 Å². The molecule has 0 aliphatic carbocycles. The van der Waals surface area contributed by atoms with Crippen LogP contribution in [0.3, 0.4) is 0 Å². The van der Waals surface area contributed by atoms with E-state index in [1.807, 2.05) is 42.5 Å². The Morgan fingerprint density at radius 1 is 1.25 bits per heavy atom. The maximum Gasteiger partial charge on any atom is 0.220 e. The number of hydrogen-bond acceptors (Lipinski definition) is 3. The molecule has 0 saturated carbocycles. The summed E-state index contributed by atoms with van der Waals surface area (Å²) in [5.41, 5.74) is 2.33. The van der Waals surface area contributed by atoms with Gasteiger partial charge in [-0.15, -0.1) is 0 Å². The van der Waals surface area contributed by atoms with Crippen LogP contribution in [0.25, 0.3) is 0 Å². The van der Waals surface area contributed by atoms with Crippen LogP contribution in [0.2, 0.25) is 0 Å². The molecule has 1 aliphatic rings. The maximum atomic E-state index is 12.1. The Kier molecular flexibility index (Phi) is 5.36. The third-order valence-electron chi connectivity index (χ3n) is 4.32.